The van der Waals surface area contributed by atoms with E-state index in [-0.39, 0.29) is 49.2 Å². The molecule has 6 N–H and O–H groups in total. The van der Waals surface area contributed by atoms with Gasteiger partial charge in [0, 0.05) is 57.5 Å². The summed E-state index contributed by atoms with van der Waals surface area (Å²) in [6.07, 6.45) is 5.77. The molecule has 270 valence electrons. The van der Waals surface area contributed by atoms with E-state index in [1.165, 1.54) is 18.6 Å². The molecule has 2 aromatic rings. The zero-order valence-corrected chi connectivity index (χ0v) is 29.5. The predicted octanol–water partition coefficient (Wildman–Crippen LogP) is 1.74. The van der Waals surface area contributed by atoms with Crippen molar-refractivity contribution < 1.29 is 52.4 Å². The standard InChI is InChI=1S/C30H46BN5O11P2/c1-22(2)18-27(34-29(39)24(19-23-8-4-3-5-9-23)20-26(37)25-21-32-11-12-33-25)31-46-16-7-14-36(15-17-47-31)13-6-10-28(38)35-30(48(40,41)42)49(43,44)45/h3-5,8-9,11-12,21-22,24,27,30H,6-7,10,13-20H2,1-2H3,(H,34,39)(H,35,38)(H2,40,41,42)(H2,43,44,45)/t24-,27+/m0/s1. The third kappa shape index (κ3) is 14.5. The minimum absolute atomic E-state index is 0.0630. The van der Waals surface area contributed by atoms with E-state index in [4.69, 9.17) is 9.31 Å². The molecule has 1 saturated heterocycles. The molecule has 0 saturated carbocycles. The van der Waals surface area contributed by atoms with Gasteiger partial charge in [0.1, 0.15) is 5.69 Å². The molecule has 1 aromatic heterocycles. The lowest BCUT2D eigenvalue weighted by Crippen LogP contribution is -2.52. The lowest BCUT2D eigenvalue weighted by atomic mass is 9.73. The average molecular weight is 725 g/mol. The first kappa shape index (κ1) is 40.6. The maximum atomic E-state index is 13.8. The Balaban J connectivity index is 1.61. The second-order valence-corrected chi connectivity index (χ2v) is 16.2. The molecule has 0 spiro atoms. The number of Topliss-reactive ketones (excluding diaryl/α,β-unsaturated/α-hetero) is 1. The molecule has 16 nitrogen and oxygen atoms in total. The Morgan fingerprint density at radius 2 is 1.67 bits per heavy atom. The maximum Gasteiger partial charge on any atom is 0.480 e. The van der Waals surface area contributed by atoms with Crippen molar-refractivity contribution in [3.8, 4) is 0 Å². The number of hydrogen-bond acceptors (Lipinski definition) is 10. The van der Waals surface area contributed by atoms with Crippen molar-refractivity contribution >= 4 is 39.9 Å². The molecule has 1 aliphatic rings. The highest BCUT2D eigenvalue weighted by Crippen LogP contribution is 2.58. The van der Waals surface area contributed by atoms with E-state index in [1.807, 2.05) is 49.1 Å². The Morgan fingerprint density at radius 1 is 0.980 bits per heavy atom. The number of amides is 2. The molecule has 2 heterocycles. The quantitative estimate of drug-likeness (QED) is 0.0774. The Kier molecular flexibility index (Phi) is 16.2. The number of hydrogen-bond donors (Lipinski definition) is 6. The Morgan fingerprint density at radius 3 is 2.31 bits per heavy atom. The number of carbonyl (C=O) groups is 3. The fourth-order valence-electron chi connectivity index (χ4n) is 5.42. The van der Waals surface area contributed by atoms with Crippen molar-refractivity contribution in [2.45, 2.75) is 63.8 Å². The smallest absolute Gasteiger partial charge is 0.410 e. The second-order valence-electron chi connectivity index (χ2n) is 12.4. The van der Waals surface area contributed by atoms with Gasteiger partial charge in [-0.3, -0.25) is 28.5 Å². The third-order valence-electron chi connectivity index (χ3n) is 7.75. The van der Waals surface area contributed by atoms with Crippen LogP contribution in [0, 0.1) is 11.8 Å². The monoisotopic (exact) mass is 725 g/mol. The van der Waals surface area contributed by atoms with Crippen molar-refractivity contribution in [2.75, 3.05) is 32.8 Å². The van der Waals surface area contributed by atoms with E-state index in [2.05, 4.69) is 15.3 Å². The molecule has 2 atom stereocenters. The Labute approximate surface area is 286 Å². The van der Waals surface area contributed by atoms with Gasteiger partial charge in [0.05, 0.1) is 12.1 Å². The predicted molar refractivity (Wildman–Crippen MR) is 180 cm³/mol. The summed E-state index contributed by atoms with van der Waals surface area (Å²) in [6.45, 7) is 6.05. The molecular formula is C30H46BN5O11P2. The summed E-state index contributed by atoms with van der Waals surface area (Å²) in [4.78, 5) is 86.1. The van der Waals surface area contributed by atoms with Crippen LogP contribution in [0.2, 0.25) is 0 Å². The van der Waals surface area contributed by atoms with Crippen LogP contribution < -0.4 is 10.6 Å². The summed E-state index contributed by atoms with van der Waals surface area (Å²) in [5, 5.41) is 4.88. The highest BCUT2D eigenvalue weighted by Gasteiger charge is 2.44. The zero-order valence-electron chi connectivity index (χ0n) is 27.7. The van der Waals surface area contributed by atoms with Crippen molar-refractivity contribution in [2.24, 2.45) is 11.8 Å². The van der Waals surface area contributed by atoms with E-state index in [0.717, 1.165) is 5.56 Å². The molecule has 0 radical (unpaired) electrons. The van der Waals surface area contributed by atoms with E-state index in [0.29, 0.717) is 45.5 Å². The van der Waals surface area contributed by atoms with Gasteiger partial charge < -0.3 is 44.4 Å². The van der Waals surface area contributed by atoms with Crippen molar-refractivity contribution in [1.29, 1.82) is 0 Å². The third-order valence-corrected chi connectivity index (χ3v) is 11.1. The number of nitrogens with zero attached hydrogens (tertiary/aromatic N) is 3. The first-order chi connectivity index (χ1) is 23.1. The van der Waals surface area contributed by atoms with E-state index < -0.39 is 45.6 Å². The Hall–Kier alpha value is -2.85. The van der Waals surface area contributed by atoms with E-state index in [1.54, 1.807) is 5.32 Å². The topological polar surface area (TPSA) is 238 Å². The minimum atomic E-state index is -5.28. The van der Waals surface area contributed by atoms with Gasteiger partial charge in [0.25, 0.3) is 0 Å². The number of nitrogens with one attached hydrogen (secondary N) is 2. The van der Waals surface area contributed by atoms with Crippen molar-refractivity contribution in [1.82, 2.24) is 25.5 Å². The van der Waals surface area contributed by atoms with Gasteiger partial charge in [-0.05, 0) is 43.7 Å². The Bertz CT molecular complexity index is 1430. The van der Waals surface area contributed by atoms with E-state index >= 15 is 0 Å². The van der Waals surface area contributed by atoms with Gasteiger partial charge >= 0.3 is 22.3 Å². The van der Waals surface area contributed by atoms with Crippen LogP contribution in [0.15, 0.2) is 48.9 Å². The number of ketones is 1. The average Bonchev–Trinajstić information content (AvgIpc) is 3.15. The van der Waals surface area contributed by atoms with Crippen LogP contribution in [-0.4, -0.2) is 103 Å². The lowest BCUT2D eigenvalue weighted by molar-refractivity contribution is -0.125. The highest BCUT2D eigenvalue weighted by molar-refractivity contribution is 7.70. The molecule has 1 fully saturated rings. The maximum absolute atomic E-state index is 13.8. The van der Waals surface area contributed by atoms with Crippen LogP contribution in [0.5, 0.6) is 0 Å². The minimum Gasteiger partial charge on any atom is -0.410 e. The van der Waals surface area contributed by atoms with Crippen molar-refractivity contribution in [3.63, 3.8) is 0 Å². The number of carbonyl (C=O) groups excluding carboxylic acids is 3. The molecular weight excluding hydrogens is 679 g/mol. The summed E-state index contributed by atoms with van der Waals surface area (Å²) in [5.74, 6) is -2.51. The van der Waals surface area contributed by atoms with Gasteiger partial charge in [-0.2, -0.15) is 0 Å². The molecule has 1 aliphatic heterocycles. The SMILES string of the molecule is CC(C)C[C@@H](NC(=O)[C@H](CC(=O)c1cnccn1)Cc1ccccc1)B1OCCCN(CCCC(=O)NC(P(=O)(O)O)P(=O)(O)O)CCO1. The number of benzene rings is 1. The molecule has 0 bridgehead atoms. The van der Waals surface area contributed by atoms with Crippen LogP contribution in [0.1, 0.15) is 62.0 Å². The molecule has 1 aromatic carbocycles. The molecule has 19 heteroatoms. The number of aromatic nitrogens is 2. The van der Waals surface area contributed by atoms with Crippen LogP contribution in [0.4, 0.5) is 0 Å². The normalized spacial score (nSPS) is 16.4. The summed E-state index contributed by atoms with van der Waals surface area (Å²) in [7, 11) is -11.3. The summed E-state index contributed by atoms with van der Waals surface area (Å²) >= 11 is 0. The fourth-order valence-corrected chi connectivity index (χ4v) is 7.61. The van der Waals surface area contributed by atoms with Crippen LogP contribution >= 0.6 is 15.2 Å². The first-order valence-corrected chi connectivity index (χ1v) is 19.5. The molecule has 49 heavy (non-hydrogen) atoms. The lowest BCUT2D eigenvalue weighted by Gasteiger charge is -2.28. The fraction of sp³-hybridized carbons (Fsp3) is 0.567. The van der Waals surface area contributed by atoms with Gasteiger partial charge in [-0.1, -0.05) is 44.2 Å². The zero-order chi connectivity index (χ0) is 36.0. The number of rotatable bonds is 17. The summed E-state index contributed by atoms with van der Waals surface area (Å²) in [6, 6.07) is 9.45. The van der Waals surface area contributed by atoms with Crippen LogP contribution in [0.3, 0.4) is 0 Å². The largest absolute Gasteiger partial charge is 0.480 e. The molecule has 2 amide bonds. The summed E-state index contributed by atoms with van der Waals surface area (Å²) in [5.41, 5.74) is -1.50. The van der Waals surface area contributed by atoms with E-state index in [9.17, 15) is 43.1 Å². The molecule has 0 aliphatic carbocycles. The van der Waals surface area contributed by atoms with Gasteiger partial charge in [0.15, 0.2) is 5.78 Å². The van der Waals surface area contributed by atoms with Crippen molar-refractivity contribution in [3.05, 3.63) is 60.2 Å². The second kappa shape index (κ2) is 19.5. The summed E-state index contributed by atoms with van der Waals surface area (Å²) < 4.78 is 35.2. The highest BCUT2D eigenvalue weighted by atomic mass is 31.2. The van der Waals surface area contributed by atoms with Crippen LogP contribution in [-0.2, 0) is 34.4 Å². The van der Waals surface area contributed by atoms with Crippen LogP contribution in [0.25, 0.3) is 0 Å². The van der Waals surface area contributed by atoms with Gasteiger partial charge in [-0.15, -0.1) is 0 Å². The van der Waals surface area contributed by atoms with Gasteiger partial charge in [-0.25, -0.2) is 4.98 Å². The first-order valence-electron chi connectivity index (χ1n) is 16.1. The molecule has 3 rings (SSSR count). The van der Waals surface area contributed by atoms with Gasteiger partial charge in [0.2, 0.25) is 17.3 Å². The molecule has 0 unspecified atom stereocenters.